The van der Waals surface area contributed by atoms with Gasteiger partial charge in [0.15, 0.2) is 11.3 Å². The number of amidine groups is 1. The van der Waals surface area contributed by atoms with Crippen LogP contribution in [0.4, 0.5) is 5.69 Å². The number of nitrogens with one attached hydrogen (secondary N) is 1. The zero-order chi connectivity index (χ0) is 19.4. The third kappa shape index (κ3) is 4.98. The topological polar surface area (TPSA) is 88.0 Å². The summed E-state index contributed by atoms with van der Waals surface area (Å²) in [5.41, 5.74) is 2.69. The number of hydrogen-bond donors (Lipinski definition) is 2. The summed E-state index contributed by atoms with van der Waals surface area (Å²) in [4.78, 5) is 28.0. The largest absolute Gasteiger partial charge is 0.479 e. The van der Waals surface area contributed by atoms with Crippen LogP contribution in [-0.2, 0) is 9.59 Å². The van der Waals surface area contributed by atoms with Crippen LogP contribution in [0, 0.1) is 6.92 Å². The van der Waals surface area contributed by atoms with Gasteiger partial charge in [0.2, 0.25) is 0 Å². The molecule has 3 rings (SSSR count). The van der Waals surface area contributed by atoms with Crippen LogP contribution in [0.25, 0.3) is 6.08 Å². The fourth-order valence-electron chi connectivity index (χ4n) is 2.34. The third-order valence-electron chi connectivity index (χ3n) is 3.72. The Morgan fingerprint density at radius 1 is 1.26 bits per heavy atom. The minimum absolute atomic E-state index is 0.203. The minimum atomic E-state index is -1.03. The van der Waals surface area contributed by atoms with Crippen LogP contribution >= 0.6 is 11.8 Å². The molecular formula is C20H18N2O4S. The molecule has 7 heteroatoms. The molecule has 2 aromatic rings. The number of rotatable bonds is 5. The van der Waals surface area contributed by atoms with Gasteiger partial charge in [-0.3, -0.25) is 4.79 Å². The van der Waals surface area contributed by atoms with E-state index >= 15 is 0 Å². The van der Waals surface area contributed by atoms with Crippen LogP contribution in [0.1, 0.15) is 18.1 Å². The van der Waals surface area contributed by atoms with Gasteiger partial charge in [-0.1, -0.05) is 24.3 Å². The molecule has 1 atom stereocenters. The van der Waals surface area contributed by atoms with E-state index in [1.165, 1.54) is 18.7 Å². The number of aliphatic carboxylic acids is 1. The molecule has 2 N–H and O–H groups in total. The number of aryl methyl sites for hydroxylation is 1. The van der Waals surface area contributed by atoms with Gasteiger partial charge in [-0.05, 0) is 67.1 Å². The molecule has 27 heavy (non-hydrogen) atoms. The Bertz CT molecular complexity index is 935. The van der Waals surface area contributed by atoms with Gasteiger partial charge in [0.25, 0.3) is 5.91 Å². The van der Waals surface area contributed by atoms with Crippen LogP contribution in [0.3, 0.4) is 0 Å². The van der Waals surface area contributed by atoms with E-state index in [1.807, 2.05) is 31.2 Å². The molecule has 1 fully saturated rings. The van der Waals surface area contributed by atoms with Crippen molar-refractivity contribution in [2.45, 2.75) is 20.0 Å². The van der Waals surface area contributed by atoms with Gasteiger partial charge in [0, 0.05) is 0 Å². The van der Waals surface area contributed by atoms with Gasteiger partial charge in [-0.15, -0.1) is 0 Å². The summed E-state index contributed by atoms with van der Waals surface area (Å²) in [5, 5.41) is 12.2. The number of carbonyl (C=O) groups is 2. The van der Waals surface area contributed by atoms with E-state index in [0.29, 0.717) is 15.8 Å². The second-order valence-electron chi connectivity index (χ2n) is 5.99. The number of carbonyl (C=O) groups excluding carboxylic acids is 1. The Morgan fingerprint density at radius 3 is 2.67 bits per heavy atom. The smallest absolute Gasteiger partial charge is 0.344 e. The standard InChI is InChI=1S/C20H18N2O4S/c1-12-4-3-5-15(10-12)21-20-22-18(23)17(27-20)11-14-6-8-16(9-7-14)26-13(2)19(24)25/h3-11,13H,1-2H3,(H,24,25)(H,21,22,23)/b17-11-/t13-/m0/s1. The highest BCUT2D eigenvalue weighted by Crippen LogP contribution is 2.28. The number of carboxylic acid groups (broad SMARTS) is 1. The molecule has 1 aliphatic heterocycles. The number of benzene rings is 2. The molecule has 0 unspecified atom stereocenters. The van der Waals surface area contributed by atoms with Crippen molar-refractivity contribution in [1.29, 1.82) is 0 Å². The molecule has 0 radical (unpaired) electrons. The van der Waals surface area contributed by atoms with Crippen LogP contribution in [0.15, 0.2) is 58.4 Å². The minimum Gasteiger partial charge on any atom is -0.479 e. The third-order valence-corrected chi connectivity index (χ3v) is 4.63. The lowest BCUT2D eigenvalue weighted by Gasteiger charge is -2.10. The maximum Gasteiger partial charge on any atom is 0.344 e. The summed E-state index contributed by atoms with van der Waals surface area (Å²) < 4.78 is 5.29. The fourth-order valence-corrected chi connectivity index (χ4v) is 3.19. The summed E-state index contributed by atoms with van der Waals surface area (Å²) in [7, 11) is 0. The van der Waals surface area contributed by atoms with E-state index in [1.54, 1.807) is 30.3 Å². The van der Waals surface area contributed by atoms with Crippen LogP contribution in [-0.4, -0.2) is 28.3 Å². The molecule has 1 aliphatic rings. The first-order chi connectivity index (χ1) is 12.9. The first kappa shape index (κ1) is 18.7. The first-order valence-corrected chi connectivity index (χ1v) is 9.08. The number of hydrogen-bond acceptors (Lipinski definition) is 5. The molecule has 138 valence electrons. The predicted octanol–water partition coefficient (Wildman–Crippen LogP) is 3.74. The molecule has 2 aromatic carbocycles. The Hall–Kier alpha value is -3.06. The number of amides is 1. The van der Waals surface area contributed by atoms with Crippen LogP contribution < -0.4 is 10.1 Å². The maximum absolute atomic E-state index is 12.2. The Balaban J connectivity index is 1.72. The second kappa shape index (κ2) is 8.09. The molecule has 1 amide bonds. The Morgan fingerprint density at radius 2 is 2.00 bits per heavy atom. The molecule has 0 spiro atoms. The number of aliphatic imine (C=N–C) groups is 1. The summed E-state index contributed by atoms with van der Waals surface area (Å²) in [6.07, 6.45) is 0.828. The number of thioether (sulfide) groups is 1. The monoisotopic (exact) mass is 382 g/mol. The van der Waals surface area contributed by atoms with Crippen molar-refractivity contribution in [2.24, 2.45) is 4.99 Å². The summed E-state index contributed by atoms with van der Waals surface area (Å²) in [5.74, 6) is -0.774. The second-order valence-corrected chi connectivity index (χ2v) is 7.02. The van der Waals surface area contributed by atoms with Gasteiger partial charge in [0.05, 0.1) is 10.6 Å². The Kier molecular flexibility index (Phi) is 5.61. The number of carboxylic acids is 1. The highest BCUT2D eigenvalue weighted by atomic mass is 32.2. The van der Waals surface area contributed by atoms with E-state index in [4.69, 9.17) is 9.84 Å². The first-order valence-electron chi connectivity index (χ1n) is 8.26. The highest BCUT2D eigenvalue weighted by Gasteiger charge is 2.23. The average Bonchev–Trinajstić information content (AvgIpc) is 2.95. The van der Waals surface area contributed by atoms with Gasteiger partial charge in [-0.25, -0.2) is 9.79 Å². The van der Waals surface area contributed by atoms with E-state index in [-0.39, 0.29) is 5.91 Å². The van der Waals surface area contributed by atoms with Gasteiger partial charge < -0.3 is 15.2 Å². The van der Waals surface area contributed by atoms with E-state index in [2.05, 4.69) is 10.3 Å². The Labute approximate surface area is 161 Å². The molecule has 1 heterocycles. The van der Waals surface area contributed by atoms with Crippen molar-refractivity contribution in [3.05, 3.63) is 64.6 Å². The normalized spacial score (nSPS) is 17.8. The van der Waals surface area contributed by atoms with Crippen molar-refractivity contribution >= 4 is 40.6 Å². The van der Waals surface area contributed by atoms with Gasteiger partial charge >= 0.3 is 5.97 Å². The summed E-state index contributed by atoms with van der Waals surface area (Å²) in [6, 6.07) is 14.6. The van der Waals surface area contributed by atoms with E-state index in [9.17, 15) is 9.59 Å². The lowest BCUT2D eigenvalue weighted by atomic mass is 10.2. The van der Waals surface area contributed by atoms with Crippen molar-refractivity contribution in [2.75, 3.05) is 0 Å². The number of nitrogens with zero attached hydrogens (tertiary/aromatic N) is 1. The zero-order valence-corrected chi connectivity index (χ0v) is 15.6. The molecule has 1 saturated heterocycles. The predicted molar refractivity (Wildman–Crippen MR) is 106 cm³/mol. The van der Waals surface area contributed by atoms with Gasteiger partial charge in [0.1, 0.15) is 5.75 Å². The molecule has 0 aliphatic carbocycles. The zero-order valence-electron chi connectivity index (χ0n) is 14.8. The van der Waals surface area contributed by atoms with Gasteiger partial charge in [-0.2, -0.15) is 0 Å². The maximum atomic E-state index is 12.2. The molecule has 0 aromatic heterocycles. The summed E-state index contributed by atoms with van der Waals surface area (Å²) >= 11 is 1.27. The highest BCUT2D eigenvalue weighted by molar-refractivity contribution is 8.18. The van der Waals surface area contributed by atoms with E-state index < -0.39 is 12.1 Å². The summed E-state index contributed by atoms with van der Waals surface area (Å²) in [6.45, 7) is 3.45. The number of ether oxygens (including phenoxy) is 1. The van der Waals surface area contributed by atoms with Crippen molar-refractivity contribution in [1.82, 2.24) is 5.32 Å². The fraction of sp³-hybridized carbons (Fsp3) is 0.150. The molecule has 0 bridgehead atoms. The average molecular weight is 382 g/mol. The molecule has 6 nitrogen and oxygen atoms in total. The quantitative estimate of drug-likeness (QED) is 0.769. The lowest BCUT2D eigenvalue weighted by molar-refractivity contribution is -0.144. The van der Waals surface area contributed by atoms with Crippen LogP contribution in [0.5, 0.6) is 5.75 Å². The van der Waals surface area contributed by atoms with Crippen molar-refractivity contribution in [3.63, 3.8) is 0 Å². The van der Waals surface area contributed by atoms with Crippen LogP contribution in [0.2, 0.25) is 0 Å². The lowest BCUT2D eigenvalue weighted by Crippen LogP contribution is -2.22. The van der Waals surface area contributed by atoms with E-state index in [0.717, 1.165) is 16.8 Å². The van der Waals surface area contributed by atoms with Crippen molar-refractivity contribution < 1.29 is 19.4 Å². The SMILES string of the molecule is Cc1cccc(N=C2NC(=O)/C(=C/c3ccc(O[C@@H](C)C(=O)O)cc3)S2)c1. The van der Waals surface area contributed by atoms with Crippen molar-refractivity contribution in [3.8, 4) is 5.75 Å². The molecule has 0 saturated carbocycles. The molecular weight excluding hydrogens is 364 g/mol.